The standard InChI is InChI=1S/C26H21F2N3O3/c1-33-16-5-6-21-18(13-16)17-9-10-30-25(24(17)29-21)31(15-4-8-23(34-2)20(28)12-15)22-7-3-14(27)11-19(22)26(30)32/h3-8,11-13,25,29H,9-10H2,1-2H3. The van der Waals surface area contributed by atoms with Gasteiger partial charge in [0, 0.05) is 29.2 Å². The van der Waals surface area contributed by atoms with E-state index in [1.807, 2.05) is 23.1 Å². The highest BCUT2D eigenvalue weighted by Gasteiger charge is 2.44. The molecule has 3 heterocycles. The molecule has 0 aliphatic carbocycles. The van der Waals surface area contributed by atoms with Gasteiger partial charge in [0.15, 0.2) is 17.7 Å². The van der Waals surface area contributed by atoms with E-state index in [4.69, 9.17) is 9.47 Å². The molecule has 3 aromatic carbocycles. The number of carbonyl (C=O) groups is 1. The van der Waals surface area contributed by atoms with Crippen LogP contribution < -0.4 is 14.4 Å². The van der Waals surface area contributed by atoms with Gasteiger partial charge in [0.05, 0.1) is 31.2 Å². The van der Waals surface area contributed by atoms with Gasteiger partial charge in [0.25, 0.3) is 5.91 Å². The molecule has 6 rings (SSSR count). The molecule has 0 fully saturated rings. The van der Waals surface area contributed by atoms with Crippen molar-refractivity contribution in [3.8, 4) is 11.5 Å². The molecule has 1 amide bonds. The van der Waals surface area contributed by atoms with Gasteiger partial charge >= 0.3 is 0 Å². The molecular formula is C26H21F2N3O3. The third kappa shape index (κ3) is 2.88. The van der Waals surface area contributed by atoms with Crippen LogP contribution in [0.2, 0.25) is 0 Å². The number of aromatic amines is 1. The number of anilines is 2. The Morgan fingerprint density at radius 1 is 1.00 bits per heavy atom. The maximum absolute atomic E-state index is 14.8. The quantitative estimate of drug-likeness (QED) is 0.449. The molecule has 1 atom stereocenters. The summed E-state index contributed by atoms with van der Waals surface area (Å²) in [6.45, 7) is 0.436. The molecule has 8 heteroatoms. The predicted molar refractivity (Wildman–Crippen MR) is 124 cm³/mol. The number of ether oxygens (including phenoxy) is 2. The van der Waals surface area contributed by atoms with Gasteiger partial charge in [-0.15, -0.1) is 0 Å². The number of nitrogens with one attached hydrogen (secondary N) is 1. The lowest BCUT2D eigenvalue weighted by molar-refractivity contribution is 0.0641. The minimum atomic E-state index is -0.555. The summed E-state index contributed by atoms with van der Waals surface area (Å²) in [5, 5.41) is 1.02. The van der Waals surface area contributed by atoms with Gasteiger partial charge in [-0.05, 0) is 60.5 Å². The molecule has 34 heavy (non-hydrogen) atoms. The maximum atomic E-state index is 14.8. The summed E-state index contributed by atoms with van der Waals surface area (Å²) in [4.78, 5) is 20.5. The van der Waals surface area contributed by atoms with E-state index in [1.165, 1.54) is 25.3 Å². The van der Waals surface area contributed by atoms with Crippen LogP contribution in [0.15, 0.2) is 54.6 Å². The van der Waals surface area contributed by atoms with Crippen molar-refractivity contribution < 1.29 is 23.0 Å². The maximum Gasteiger partial charge on any atom is 0.258 e. The number of benzene rings is 3. The van der Waals surface area contributed by atoms with E-state index < -0.39 is 17.8 Å². The molecule has 2 aliphatic rings. The molecule has 0 saturated heterocycles. The molecule has 1 unspecified atom stereocenters. The van der Waals surface area contributed by atoms with Crippen LogP contribution >= 0.6 is 0 Å². The fourth-order valence-corrected chi connectivity index (χ4v) is 5.12. The summed E-state index contributed by atoms with van der Waals surface area (Å²) in [6.07, 6.45) is 0.0700. The average molecular weight is 461 g/mol. The lowest BCUT2D eigenvalue weighted by Gasteiger charge is -2.47. The molecule has 1 N–H and O–H groups in total. The number of H-pyrrole nitrogens is 1. The molecule has 0 saturated carbocycles. The van der Waals surface area contributed by atoms with E-state index in [0.29, 0.717) is 24.3 Å². The Kier molecular flexibility index (Phi) is 4.52. The molecule has 1 aromatic heterocycles. The molecule has 0 radical (unpaired) electrons. The van der Waals surface area contributed by atoms with Gasteiger partial charge in [-0.2, -0.15) is 0 Å². The number of amides is 1. The SMILES string of the molecule is COc1ccc2[nH]c3c(c2c1)CCN1C(=O)c2cc(F)ccc2N(c2ccc(OC)c(F)c2)C31. The van der Waals surface area contributed by atoms with Crippen LogP contribution in [-0.2, 0) is 6.42 Å². The van der Waals surface area contributed by atoms with Gasteiger partial charge in [0.2, 0.25) is 0 Å². The van der Waals surface area contributed by atoms with Crippen LogP contribution in [0, 0.1) is 11.6 Å². The molecule has 0 spiro atoms. The molecule has 0 bridgehead atoms. The first-order chi connectivity index (χ1) is 16.5. The molecule has 2 aliphatic heterocycles. The van der Waals surface area contributed by atoms with E-state index >= 15 is 0 Å². The number of nitrogens with zero attached hydrogens (tertiary/aromatic N) is 2. The Morgan fingerprint density at radius 2 is 1.85 bits per heavy atom. The number of hydrogen-bond acceptors (Lipinski definition) is 4. The average Bonchev–Trinajstić information content (AvgIpc) is 3.22. The van der Waals surface area contributed by atoms with Crippen molar-refractivity contribution in [1.82, 2.24) is 9.88 Å². The smallest absolute Gasteiger partial charge is 0.258 e. The van der Waals surface area contributed by atoms with Gasteiger partial charge in [-0.1, -0.05) is 0 Å². The van der Waals surface area contributed by atoms with Crippen molar-refractivity contribution in [1.29, 1.82) is 0 Å². The van der Waals surface area contributed by atoms with Gasteiger partial charge in [0.1, 0.15) is 11.6 Å². The van der Waals surface area contributed by atoms with E-state index in [2.05, 4.69) is 4.98 Å². The van der Waals surface area contributed by atoms with E-state index in [-0.39, 0.29) is 17.2 Å². The monoisotopic (exact) mass is 461 g/mol. The second kappa shape index (κ2) is 7.48. The zero-order valence-corrected chi connectivity index (χ0v) is 18.6. The lowest BCUT2D eigenvalue weighted by Crippen LogP contribution is -2.50. The van der Waals surface area contributed by atoms with Crippen LogP contribution in [-0.4, -0.2) is 36.6 Å². The molecule has 172 valence electrons. The Balaban J connectivity index is 1.61. The van der Waals surface area contributed by atoms with Crippen LogP contribution in [0.5, 0.6) is 11.5 Å². The fourth-order valence-electron chi connectivity index (χ4n) is 5.12. The van der Waals surface area contributed by atoms with Crippen molar-refractivity contribution in [3.63, 3.8) is 0 Å². The normalized spacial score (nSPS) is 16.8. The Morgan fingerprint density at radius 3 is 2.62 bits per heavy atom. The number of hydrogen-bond donors (Lipinski definition) is 1. The second-order valence-electron chi connectivity index (χ2n) is 8.40. The summed E-state index contributed by atoms with van der Waals surface area (Å²) in [7, 11) is 3.03. The minimum Gasteiger partial charge on any atom is -0.497 e. The fraction of sp³-hybridized carbons (Fsp3) is 0.192. The number of aromatic nitrogens is 1. The van der Waals surface area contributed by atoms with E-state index in [1.54, 1.807) is 30.2 Å². The topological polar surface area (TPSA) is 57.8 Å². The summed E-state index contributed by atoms with van der Waals surface area (Å²) in [5.74, 6) is -0.417. The highest BCUT2D eigenvalue weighted by atomic mass is 19.1. The van der Waals surface area contributed by atoms with E-state index in [9.17, 15) is 13.6 Å². The van der Waals surface area contributed by atoms with Crippen molar-refractivity contribution in [3.05, 3.63) is 83.1 Å². The molecule has 4 aromatic rings. The minimum absolute atomic E-state index is 0.120. The Labute approximate surface area is 194 Å². The summed E-state index contributed by atoms with van der Waals surface area (Å²) >= 11 is 0. The Hall–Kier alpha value is -4.07. The summed E-state index contributed by atoms with van der Waals surface area (Å²) in [6, 6.07) is 14.6. The molecule has 6 nitrogen and oxygen atoms in total. The Bertz CT molecular complexity index is 1470. The van der Waals surface area contributed by atoms with Crippen molar-refractivity contribution in [2.75, 3.05) is 25.7 Å². The summed E-state index contributed by atoms with van der Waals surface area (Å²) < 4.78 is 39.4. The third-order valence-electron chi connectivity index (χ3n) is 6.67. The number of carbonyl (C=O) groups excluding carboxylic acids is 1. The first kappa shape index (κ1) is 20.5. The lowest BCUT2D eigenvalue weighted by atomic mass is 9.95. The number of fused-ring (bicyclic) bond motifs is 6. The van der Waals surface area contributed by atoms with Crippen molar-refractivity contribution in [2.24, 2.45) is 0 Å². The van der Waals surface area contributed by atoms with Crippen LogP contribution in [0.4, 0.5) is 20.2 Å². The number of methoxy groups -OCH3 is 2. The zero-order chi connectivity index (χ0) is 23.6. The number of halogens is 2. The highest BCUT2D eigenvalue weighted by Crippen LogP contribution is 2.48. The van der Waals surface area contributed by atoms with Crippen molar-refractivity contribution in [2.45, 2.75) is 12.6 Å². The first-order valence-electron chi connectivity index (χ1n) is 10.9. The predicted octanol–water partition coefficient (Wildman–Crippen LogP) is 5.31. The molecular weight excluding hydrogens is 440 g/mol. The van der Waals surface area contributed by atoms with E-state index in [0.717, 1.165) is 27.9 Å². The van der Waals surface area contributed by atoms with Crippen LogP contribution in [0.3, 0.4) is 0 Å². The zero-order valence-electron chi connectivity index (χ0n) is 18.6. The van der Waals surface area contributed by atoms with Gasteiger partial charge in [-0.3, -0.25) is 4.79 Å². The van der Waals surface area contributed by atoms with Crippen LogP contribution in [0.25, 0.3) is 10.9 Å². The second-order valence-corrected chi connectivity index (χ2v) is 8.40. The largest absolute Gasteiger partial charge is 0.497 e. The highest BCUT2D eigenvalue weighted by molar-refractivity contribution is 6.04. The van der Waals surface area contributed by atoms with Crippen molar-refractivity contribution >= 4 is 28.2 Å². The number of rotatable bonds is 3. The van der Waals surface area contributed by atoms with Crippen LogP contribution in [0.1, 0.15) is 27.8 Å². The summed E-state index contributed by atoms with van der Waals surface area (Å²) in [5.41, 5.74) is 4.13. The van der Waals surface area contributed by atoms with Gasteiger partial charge < -0.3 is 24.3 Å². The third-order valence-corrected chi connectivity index (χ3v) is 6.67. The van der Waals surface area contributed by atoms with Gasteiger partial charge in [-0.25, -0.2) is 8.78 Å². The first-order valence-corrected chi connectivity index (χ1v) is 10.9.